The Morgan fingerprint density at radius 3 is 2.85 bits per heavy atom. The standard InChI is InChI=1S/C10H16N2O/c1-8-9(12)4-2-5-10(8)13-7-3-6-11/h2,4-5H,3,6-7,11-12H2,1H3. The lowest BCUT2D eigenvalue weighted by Crippen LogP contribution is -2.07. The molecule has 0 aromatic heterocycles. The molecule has 3 nitrogen and oxygen atoms in total. The largest absolute Gasteiger partial charge is 0.493 e. The Balaban J connectivity index is 2.61. The highest BCUT2D eigenvalue weighted by Gasteiger charge is 2.00. The van der Waals surface area contributed by atoms with Gasteiger partial charge in [-0.3, -0.25) is 0 Å². The van der Waals surface area contributed by atoms with Crippen molar-refractivity contribution in [3.05, 3.63) is 23.8 Å². The van der Waals surface area contributed by atoms with Gasteiger partial charge in [-0.2, -0.15) is 0 Å². The van der Waals surface area contributed by atoms with Gasteiger partial charge in [0.05, 0.1) is 6.61 Å². The van der Waals surface area contributed by atoms with Crippen molar-refractivity contribution in [2.24, 2.45) is 5.73 Å². The zero-order chi connectivity index (χ0) is 9.68. The summed E-state index contributed by atoms with van der Waals surface area (Å²) in [6.45, 7) is 3.26. The third kappa shape index (κ3) is 2.63. The minimum atomic E-state index is 0.654. The van der Waals surface area contributed by atoms with Gasteiger partial charge in [0, 0.05) is 11.3 Å². The summed E-state index contributed by atoms with van der Waals surface area (Å²) < 4.78 is 5.50. The highest BCUT2D eigenvalue weighted by Crippen LogP contribution is 2.22. The highest BCUT2D eigenvalue weighted by molar-refractivity contribution is 5.53. The van der Waals surface area contributed by atoms with Crippen LogP contribution in [0.5, 0.6) is 5.75 Å². The van der Waals surface area contributed by atoms with Crippen LogP contribution in [0.2, 0.25) is 0 Å². The molecule has 1 rings (SSSR count). The molecule has 0 atom stereocenters. The van der Waals surface area contributed by atoms with Gasteiger partial charge >= 0.3 is 0 Å². The van der Waals surface area contributed by atoms with Gasteiger partial charge in [-0.15, -0.1) is 0 Å². The summed E-state index contributed by atoms with van der Waals surface area (Å²) in [7, 11) is 0. The van der Waals surface area contributed by atoms with Gasteiger partial charge in [0.1, 0.15) is 5.75 Å². The maximum Gasteiger partial charge on any atom is 0.124 e. The Labute approximate surface area is 78.7 Å². The maximum absolute atomic E-state index is 5.72. The topological polar surface area (TPSA) is 61.3 Å². The Kier molecular flexibility index (Phi) is 3.58. The summed E-state index contributed by atoms with van der Waals surface area (Å²) in [5, 5.41) is 0. The Hall–Kier alpha value is -1.22. The quantitative estimate of drug-likeness (QED) is 0.542. The van der Waals surface area contributed by atoms with Crippen LogP contribution in [0.3, 0.4) is 0 Å². The fraction of sp³-hybridized carbons (Fsp3) is 0.400. The molecule has 0 saturated carbocycles. The molecule has 4 N–H and O–H groups in total. The molecule has 0 unspecified atom stereocenters. The van der Waals surface area contributed by atoms with E-state index in [1.165, 1.54) is 0 Å². The van der Waals surface area contributed by atoms with Crippen LogP contribution in [0.25, 0.3) is 0 Å². The van der Waals surface area contributed by atoms with Crippen LogP contribution in [0.1, 0.15) is 12.0 Å². The minimum Gasteiger partial charge on any atom is -0.493 e. The van der Waals surface area contributed by atoms with Crippen LogP contribution in [0, 0.1) is 6.92 Å². The normalized spacial score (nSPS) is 10.0. The second-order valence-corrected chi connectivity index (χ2v) is 2.96. The first-order valence-electron chi connectivity index (χ1n) is 4.43. The van der Waals surface area contributed by atoms with Crippen LogP contribution in [0.15, 0.2) is 18.2 Å². The van der Waals surface area contributed by atoms with E-state index in [1.54, 1.807) is 0 Å². The van der Waals surface area contributed by atoms with E-state index in [9.17, 15) is 0 Å². The number of benzene rings is 1. The molecule has 1 aromatic rings. The van der Waals surface area contributed by atoms with Crippen molar-refractivity contribution in [1.29, 1.82) is 0 Å². The number of nitrogen functional groups attached to an aromatic ring is 1. The average Bonchev–Trinajstić information content (AvgIpc) is 2.13. The molecular weight excluding hydrogens is 164 g/mol. The maximum atomic E-state index is 5.72. The summed E-state index contributed by atoms with van der Waals surface area (Å²) in [4.78, 5) is 0. The Bertz CT molecular complexity index is 274. The first-order chi connectivity index (χ1) is 6.25. The minimum absolute atomic E-state index is 0.654. The summed E-state index contributed by atoms with van der Waals surface area (Å²) >= 11 is 0. The Morgan fingerprint density at radius 1 is 1.38 bits per heavy atom. The van der Waals surface area contributed by atoms with Crippen molar-refractivity contribution in [3.8, 4) is 5.75 Å². The summed E-state index contributed by atoms with van der Waals surface area (Å²) in [5.41, 5.74) is 12.8. The first kappa shape index (κ1) is 9.86. The molecule has 13 heavy (non-hydrogen) atoms. The first-order valence-corrected chi connectivity index (χ1v) is 4.43. The second kappa shape index (κ2) is 4.72. The van der Waals surface area contributed by atoms with Crippen LogP contribution in [-0.2, 0) is 0 Å². The van der Waals surface area contributed by atoms with E-state index >= 15 is 0 Å². The number of hydrogen-bond donors (Lipinski definition) is 2. The molecule has 0 aliphatic carbocycles. The van der Waals surface area contributed by atoms with Gasteiger partial charge in [-0.1, -0.05) is 6.07 Å². The third-order valence-electron chi connectivity index (χ3n) is 1.93. The lowest BCUT2D eigenvalue weighted by Gasteiger charge is -2.09. The van der Waals surface area contributed by atoms with E-state index in [0.717, 1.165) is 23.4 Å². The summed E-state index contributed by atoms with van der Waals surface area (Å²) in [5.74, 6) is 0.855. The van der Waals surface area contributed by atoms with Crippen molar-refractivity contribution in [2.45, 2.75) is 13.3 Å². The van der Waals surface area contributed by atoms with Crippen LogP contribution in [0.4, 0.5) is 5.69 Å². The van der Waals surface area contributed by atoms with E-state index in [0.29, 0.717) is 13.2 Å². The molecule has 3 heteroatoms. The van der Waals surface area contributed by atoms with Gasteiger partial charge in [0.25, 0.3) is 0 Å². The van der Waals surface area contributed by atoms with E-state index in [4.69, 9.17) is 16.2 Å². The zero-order valence-corrected chi connectivity index (χ0v) is 7.92. The number of ether oxygens (including phenoxy) is 1. The molecule has 0 aliphatic rings. The second-order valence-electron chi connectivity index (χ2n) is 2.96. The van der Waals surface area contributed by atoms with Crippen LogP contribution >= 0.6 is 0 Å². The molecule has 0 bridgehead atoms. The van der Waals surface area contributed by atoms with Crippen LogP contribution < -0.4 is 16.2 Å². The molecule has 0 radical (unpaired) electrons. The Morgan fingerprint density at radius 2 is 2.15 bits per heavy atom. The number of anilines is 1. The van der Waals surface area contributed by atoms with Crippen molar-refractivity contribution >= 4 is 5.69 Å². The van der Waals surface area contributed by atoms with E-state index < -0.39 is 0 Å². The molecule has 0 saturated heterocycles. The summed E-state index contributed by atoms with van der Waals surface area (Å²) in [6, 6.07) is 5.67. The third-order valence-corrected chi connectivity index (χ3v) is 1.93. The lowest BCUT2D eigenvalue weighted by atomic mass is 10.2. The molecule has 0 aliphatic heterocycles. The van der Waals surface area contributed by atoms with Gasteiger partial charge in [0.2, 0.25) is 0 Å². The average molecular weight is 180 g/mol. The monoisotopic (exact) mass is 180 g/mol. The van der Waals surface area contributed by atoms with E-state index in [-0.39, 0.29) is 0 Å². The van der Waals surface area contributed by atoms with Crippen molar-refractivity contribution in [3.63, 3.8) is 0 Å². The molecular formula is C10H16N2O. The van der Waals surface area contributed by atoms with Gasteiger partial charge in [-0.25, -0.2) is 0 Å². The molecule has 0 amide bonds. The number of hydrogen-bond acceptors (Lipinski definition) is 3. The molecule has 0 spiro atoms. The van der Waals surface area contributed by atoms with Gasteiger partial charge in [0.15, 0.2) is 0 Å². The number of rotatable bonds is 4. The zero-order valence-electron chi connectivity index (χ0n) is 7.92. The molecule has 0 fully saturated rings. The predicted molar refractivity (Wildman–Crippen MR) is 54.8 cm³/mol. The summed E-state index contributed by atoms with van der Waals surface area (Å²) in [6.07, 6.45) is 0.869. The number of nitrogens with two attached hydrogens (primary N) is 2. The van der Waals surface area contributed by atoms with Gasteiger partial charge < -0.3 is 16.2 Å². The molecule has 0 heterocycles. The van der Waals surface area contributed by atoms with Gasteiger partial charge in [-0.05, 0) is 32.0 Å². The smallest absolute Gasteiger partial charge is 0.124 e. The molecule has 1 aromatic carbocycles. The van der Waals surface area contributed by atoms with Crippen LogP contribution in [-0.4, -0.2) is 13.2 Å². The van der Waals surface area contributed by atoms with Crippen molar-refractivity contribution < 1.29 is 4.74 Å². The highest BCUT2D eigenvalue weighted by atomic mass is 16.5. The van der Waals surface area contributed by atoms with Crippen molar-refractivity contribution in [1.82, 2.24) is 0 Å². The molecule has 72 valence electrons. The lowest BCUT2D eigenvalue weighted by molar-refractivity contribution is 0.311. The fourth-order valence-electron chi connectivity index (χ4n) is 1.05. The van der Waals surface area contributed by atoms with Crippen molar-refractivity contribution in [2.75, 3.05) is 18.9 Å². The fourth-order valence-corrected chi connectivity index (χ4v) is 1.05. The van der Waals surface area contributed by atoms with E-state index in [2.05, 4.69) is 0 Å². The SMILES string of the molecule is Cc1c(N)cccc1OCCCN. The van der Waals surface area contributed by atoms with E-state index in [1.807, 2.05) is 25.1 Å². The predicted octanol–water partition coefficient (Wildman–Crippen LogP) is 1.30.